The maximum Gasteiger partial charge on any atom is 0.220 e. The number of carbonyl (C=O) groups is 1. The van der Waals surface area contributed by atoms with Crippen molar-refractivity contribution in [3.63, 3.8) is 0 Å². The van der Waals surface area contributed by atoms with E-state index in [1.807, 2.05) is 0 Å². The van der Waals surface area contributed by atoms with Crippen LogP contribution in [-0.4, -0.2) is 25.5 Å². The van der Waals surface area contributed by atoms with Gasteiger partial charge in [0.1, 0.15) is 0 Å². The number of aryl methyl sites for hydroxylation is 1. The van der Waals surface area contributed by atoms with Gasteiger partial charge in [0.2, 0.25) is 5.91 Å². The topological polar surface area (TPSA) is 41.1 Å². The van der Waals surface area contributed by atoms with Crippen LogP contribution in [0.25, 0.3) is 0 Å². The van der Waals surface area contributed by atoms with Crippen molar-refractivity contribution in [2.75, 3.05) is 19.6 Å². The number of carbonyl (C=O) groups excluding carboxylic acids is 1. The van der Waals surface area contributed by atoms with Gasteiger partial charge < -0.3 is 10.6 Å². The Balaban J connectivity index is 0.00000288. The lowest BCUT2D eigenvalue weighted by atomic mass is 9.85. The second kappa shape index (κ2) is 12.3. The Kier molecular flexibility index (Phi) is 10.8. The molecule has 1 aromatic rings. The summed E-state index contributed by atoms with van der Waals surface area (Å²) in [5.74, 6) is 1.38. The Morgan fingerprint density at radius 2 is 2.04 bits per heavy atom. The Bertz CT molecular complexity index is 446. The van der Waals surface area contributed by atoms with E-state index in [0.29, 0.717) is 18.3 Å². The van der Waals surface area contributed by atoms with Gasteiger partial charge in [-0.2, -0.15) is 0 Å². The zero-order chi connectivity index (χ0) is 16.3. The summed E-state index contributed by atoms with van der Waals surface area (Å²) in [6.45, 7) is 5.26. The number of piperidine rings is 1. The first-order valence-electron chi connectivity index (χ1n) is 9.27. The molecule has 24 heavy (non-hydrogen) atoms. The summed E-state index contributed by atoms with van der Waals surface area (Å²) >= 11 is 0. The number of hydrogen-bond acceptors (Lipinski definition) is 2. The van der Waals surface area contributed by atoms with Gasteiger partial charge >= 0.3 is 0 Å². The van der Waals surface area contributed by atoms with Gasteiger partial charge in [-0.15, -0.1) is 12.4 Å². The highest BCUT2D eigenvalue weighted by Crippen LogP contribution is 2.22. The maximum absolute atomic E-state index is 12.0. The molecule has 0 spiro atoms. The van der Waals surface area contributed by atoms with E-state index in [1.54, 1.807) is 0 Å². The first kappa shape index (κ1) is 21.0. The number of rotatable bonds is 9. The molecule has 1 aromatic carbocycles. The van der Waals surface area contributed by atoms with Gasteiger partial charge in [0.05, 0.1) is 0 Å². The summed E-state index contributed by atoms with van der Waals surface area (Å²) in [6.07, 6.45) is 7.79. The molecular weight excluding hydrogens is 320 g/mol. The van der Waals surface area contributed by atoms with E-state index in [1.165, 1.54) is 31.2 Å². The molecule has 1 aliphatic rings. The maximum atomic E-state index is 12.0. The normalized spacial score (nSPS) is 18.5. The van der Waals surface area contributed by atoms with Crippen LogP contribution in [0.4, 0.5) is 0 Å². The summed E-state index contributed by atoms with van der Waals surface area (Å²) in [7, 11) is 0. The molecule has 2 rings (SSSR count). The van der Waals surface area contributed by atoms with Crippen LogP contribution < -0.4 is 10.6 Å². The predicted molar refractivity (Wildman–Crippen MR) is 104 cm³/mol. The Labute approximate surface area is 153 Å². The fourth-order valence-corrected chi connectivity index (χ4v) is 3.40. The molecule has 0 radical (unpaired) electrons. The van der Waals surface area contributed by atoms with Crippen LogP contribution in [0.3, 0.4) is 0 Å². The van der Waals surface area contributed by atoms with Gasteiger partial charge in [0, 0.05) is 13.0 Å². The predicted octanol–water partition coefficient (Wildman–Crippen LogP) is 3.96. The molecule has 3 nitrogen and oxygen atoms in total. The summed E-state index contributed by atoms with van der Waals surface area (Å²) < 4.78 is 0. The lowest BCUT2D eigenvalue weighted by molar-refractivity contribution is -0.122. The summed E-state index contributed by atoms with van der Waals surface area (Å²) in [5, 5.41) is 6.53. The lowest BCUT2D eigenvalue weighted by Gasteiger charge is -2.28. The highest BCUT2D eigenvalue weighted by atomic mass is 35.5. The smallest absolute Gasteiger partial charge is 0.220 e. The minimum Gasteiger partial charge on any atom is -0.356 e. The molecule has 0 bridgehead atoms. The Morgan fingerprint density at radius 3 is 2.75 bits per heavy atom. The van der Waals surface area contributed by atoms with Gasteiger partial charge in [0.15, 0.2) is 0 Å². The third-order valence-corrected chi connectivity index (χ3v) is 4.95. The van der Waals surface area contributed by atoms with Crippen LogP contribution in [0.1, 0.15) is 51.0 Å². The van der Waals surface area contributed by atoms with Crippen molar-refractivity contribution in [3.05, 3.63) is 35.9 Å². The first-order chi connectivity index (χ1) is 11.3. The third kappa shape index (κ3) is 8.16. The van der Waals surface area contributed by atoms with Crippen LogP contribution >= 0.6 is 12.4 Å². The largest absolute Gasteiger partial charge is 0.356 e. The molecule has 136 valence electrons. The van der Waals surface area contributed by atoms with Crippen LogP contribution in [0.5, 0.6) is 0 Å². The van der Waals surface area contributed by atoms with Crippen molar-refractivity contribution in [1.82, 2.24) is 10.6 Å². The van der Waals surface area contributed by atoms with Crippen molar-refractivity contribution < 1.29 is 4.79 Å². The van der Waals surface area contributed by atoms with Crippen LogP contribution in [-0.2, 0) is 11.2 Å². The number of hydrogen-bond donors (Lipinski definition) is 2. The van der Waals surface area contributed by atoms with Crippen molar-refractivity contribution in [1.29, 1.82) is 0 Å². The van der Waals surface area contributed by atoms with Crippen molar-refractivity contribution in [2.45, 2.75) is 51.9 Å². The zero-order valence-corrected chi connectivity index (χ0v) is 15.7. The molecule has 1 amide bonds. The summed E-state index contributed by atoms with van der Waals surface area (Å²) in [4.78, 5) is 12.0. The highest BCUT2D eigenvalue weighted by molar-refractivity contribution is 5.85. The fraction of sp³-hybridized carbons (Fsp3) is 0.650. The average molecular weight is 353 g/mol. The third-order valence-electron chi connectivity index (χ3n) is 4.95. The van der Waals surface area contributed by atoms with E-state index in [9.17, 15) is 4.79 Å². The minimum absolute atomic E-state index is 0. The monoisotopic (exact) mass is 352 g/mol. The average Bonchev–Trinajstić information content (AvgIpc) is 2.59. The fourth-order valence-electron chi connectivity index (χ4n) is 3.40. The van der Waals surface area contributed by atoms with Gasteiger partial charge in [-0.1, -0.05) is 43.7 Å². The van der Waals surface area contributed by atoms with Crippen molar-refractivity contribution >= 4 is 18.3 Å². The molecule has 2 unspecified atom stereocenters. The lowest BCUT2D eigenvalue weighted by Crippen LogP contribution is -2.35. The van der Waals surface area contributed by atoms with E-state index in [2.05, 4.69) is 47.9 Å². The number of halogens is 1. The molecule has 1 heterocycles. The van der Waals surface area contributed by atoms with Gasteiger partial charge in [-0.3, -0.25) is 4.79 Å². The van der Waals surface area contributed by atoms with E-state index < -0.39 is 0 Å². The second-order valence-corrected chi connectivity index (χ2v) is 6.93. The van der Waals surface area contributed by atoms with Crippen molar-refractivity contribution in [2.24, 2.45) is 11.8 Å². The summed E-state index contributed by atoms with van der Waals surface area (Å²) in [6, 6.07) is 10.6. The Morgan fingerprint density at radius 1 is 1.25 bits per heavy atom. The van der Waals surface area contributed by atoms with Crippen LogP contribution in [0, 0.1) is 11.8 Å². The number of nitrogens with one attached hydrogen (secondary N) is 2. The molecule has 4 heteroatoms. The SMILES string of the molecule is CC(CC(=O)NCCCCCc1ccccc1)C1CCCNC1.Cl. The van der Waals surface area contributed by atoms with Gasteiger partial charge in [0.25, 0.3) is 0 Å². The van der Waals surface area contributed by atoms with Gasteiger partial charge in [-0.25, -0.2) is 0 Å². The molecular formula is C20H33ClN2O. The molecule has 2 atom stereocenters. The molecule has 0 aliphatic carbocycles. The standard InChI is InChI=1S/C20H32N2O.ClH/c1-17(19-12-8-13-21-16-19)15-20(23)22-14-7-3-6-11-18-9-4-2-5-10-18;/h2,4-5,9-10,17,19,21H,3,6-8,11-16H2,1H3,(H,22,23);1H. The number of benzene rings is 1. The van der Waals surface area contributed by atoms with Crippen LogP contribution in [0.2, 0.25) is 0 Å². The molecule has 0 aromatic heterocycles. The van der Waals surface area contributed by atoms with E-state index >= 15 is 0 Å². The van der Waals surface area contributed by atoms with Gasteiger partial charge in [-0.05, 0) is 62.6 Å². The minimum atomic E-state index is 0. The molecule has 0 saturated carbocycles. The van der Waals surface area contributed by atoms with Crippen molar-refractivity contribution in [3.8, 4) is 0 Å². The van der Waals surface area contributed by atoms with E-state index in [4.69, 9.17) is 0 Å². The molecule has 2 N–H and O–H groups in total. The molecule has 1 fully saturated rings. The quantitative estimate of drug-likeness (QED) is 0.660. The zero-order valence-electron chi connectivity index (χ0n) is 14.9. The first-order valence-corrected chi connectivity index (χ1v) is 9.27. The number of unbranched alkanes of at least 4 members (excludes halogenated alkanes) is 2. The Hall–Kier alpha value is -1.06. The van der Waals surface area contributed by atoms with E-state index in [-0.39, 0.29) is 18.3 Å². The summed E-state index contributed by atoms with van der Waals surface area (Å²) in [5.41, 5.74) is 1.41. The second-order valence-electron chi connectivity index (χ2n) is 6.93. The van der Waals surface area contributed by atoms with Crippen LogP contribution in [0.15, 0.2) is 30.3 Å². The highest BCUT2D eigenvalue weighted by Gasteiger charge is 2.21. The molecule has 1 aliphatic heterocycles. The molecule has 1 saturated heterocycles. The number of amides is 1. The van der Waals surface area contributed by atoms with E-state index in [0.717, 1.165) is 32.5 Å².